The molecule has 0 spiro atoms. The maximum Gasteiger partial charge on any atom is 0.296 e. The van der Waals surface area contributed by atoms with Crippen LogP contribution in [0.1, 0.15) is 12.2 Å². The van der Waals surface area contributed by atoms with E-state index < -0.39 is 6.43 Å². The Morgan fingerprint density at radius 2 is 1.65 bits per heavy atom. The Bertz CT molecular complexity index is 1190. The molecule has 0 radical (unpaired) electrons. The van der Waals surface area contributed by atoms with Crippen LogP contribution in [0.2, 0.25) is 0 Å². The van der Waals surface area contributed by atoms with E-state index in [1.165, 1.54) is 4.57 Å². The highest BCUT2D eigenvalue weighted by Crippen LogP contribution is 2.30. The van der Waals surface area contributed by atoms with Crippen molar-refractivity contribution < 1.29 is 18.3 Å². The Kier molecular flexibility index (Phi) is 5.17. The Morgan fingerprint density at radius 1 is 0.903 bits per heavy atom. The van der Waals surface area contributed by atoms with Crippen LogP contribution in [0, 0.1) is 0 Å². The summed E-state index contributed by atoms with van der Waals surface area (Å²) < 4.78 is 40.4. The van der Waals surface area contributed by atoms with Gasteiger partial charge in [0, 0.05) is 19.2 Å². The van der Waals surface area contributed by atoms with E-state index >= 15 is 0 Å². The van der Waals surface area contributed by atoms with Gasteiger partial charge in [-0.25, -0.2) is 13.8 Å². The normalized spacial score (nSPS) is 14.4. The van der Waals surface area contributed by atoms with Gasteiger partial charge in [-0.1, -0.05) is 30.3 Å². The Hall–Kier alpha value is -3.59. The molecule has 1 saturated heterocycles. The molecule has 31 heavy (non-hydrogen) atoms. The van der Waals surface area contributed by atoms with E-state index in [9.17, 15) is 8.78 Å². The van der Waals surface area contributed by atoms with Crippen LogP contribution in [-0.2, 0) is 4.74 Å². The average Bonchev–Trinajstić information content (AvgIpc) is 3.20. The van der Waals surface area contributed by atoms with Gasteiger partial charge in [-0.05, 0) is 24.3 Å². The zero-order valence-electron chi connectivity index (χ0n) is 16.5. The molecule has 0 atom stereocenters. The number of nitrogens with zero attached hydrogens (tertiary/aromatic N) is 5. The average molecular weight is 423 g/mol. The van der Waals surface area contributed by atoms with Gasteiger partial charge in [0.15, 0.2) is 5.82 Å². The highest BCUT2D eigenvalue weighted by atomic mass is 19.3. The number of halogens is 2. The molecule has 2 aromatic carbocycles. The molecule has 0 aliphatic carbocycles. The standard InChI is InChI=1S/C22H19F2N5O2/c23-20(24)21-25-16-8-4-5-9-17(16)29(21)18-14-19(31-15-6-2-1-3-7-15)27-22(26-18)28-10-12-30-13-11-28/h1-9,14,20H,10-13H2. The quantitative estimate of drug-likeness (QED) is 0.475. The second kappa shape index (κ2) is 8.27. The number of ether oxygens (including phenoxy) is 2. The SMILES string of the molecule is FC(F)c1nc2ccccc2n1-c1cc(Oc2ccccc2)nc(N2CCOCC2)n1. The first-order chi connectivity index (χ1) is 15.2. The Balaban J connectivity index is 1.66. The predicted molar refractivity (Wildman–Crippen MR) is 111 cm³/mol. The van der Waals surface area contributed by atoms with Gasteiger partial charge in [0.2, 0.25) is 11.8 Å². The number of benzene rings is 2. The highest BCUT2D eigenvalue weighted by Gasteiger charge is 2.23. The topological polar surface area (TPSA) is 65.3 Å². The van der Waals surface area contributed by atoms with Crippen LogP contribution in [0.15, 0.2) is 60.7 Å². The van der Waals surface area contributed by atoms with E-state index in [2.05, 4.69) is 15.0 Å². The second-order valence-corrected chi connectivity index (χ2v) is 6.97. The molecule has 7 nitrogen and oxygen atoms in total. The number of hydrogen-bond donors (Lipinski definition) is 0. The molecule has 5 rings (SSSR count). The lowest BCUT2D eigenvalue weighted by atomic mass is 10.3. The zero-order valence-corrected chi connectivity index (χ0v) is 16.5. The lowest BCUT2D eigenvalue weighted by Gasteiger charge is -2.27. The number of fused-ring (bicyclic) bond motifs is 1. The van der Waals surface area contributed by atoms with Gasteiger partial charge in [0.25, 0.3) is 6.43 Å². The fourth-order valence-corrected chi connectivity index (χ4v) is 3.51. The van der Waals surface area contributed by atoms with Crippen LogP contribution in [0.5, 0.6) is 11.6 Å². The van der Waals surface area contributed by atoms with Crippen LogP contribution < -0.4 is 9.64 Å². The molecule has 1 aliphatic rings. The summed E-state index contributed by atoms with van der Waals surface area (Å²) in [6.45, 7) is 2.28. The molecule has 158 valence electrons. The molecule has 0 saturated carbocycles. The number of rotatable bonds is 5. The van der Waals surface area contributed by atoms with Crippen LogP contribution in [-0.4, -0.2) is 45.8 Å². The first kappa shape index (κ1) is 19.4. The van der Waals surface area contributed by atoms with Gasteiger partial charge in [0.1, 0.15) is 11.6 Å². The van der Waals surface area contributed by atoms with Crippen LogP contribution >= 0.6 is 0 Å². The van der Waals surface area contributed by atoms with Crippen molar-refractivity contribution in [2.75, 3.05) is 31.2 Å². The number of para-hydroxylation sites is 3. The number of hydrogen-bond acceptors (Lipinski definition) is 6. The predicted octanol–water partition coefficient (Wildman–Crippen LogP) is 4.38. The molecule has 1 aliphatic heterocycles. The number of alkyl halides is 2. The molecule has 4 aromatic rings. The lowest BCUT2D eigenvalue weighted by Crippen LogP contribution is -2.37. The van der Waals surface area contributed by atoms with Gasteiger partial charge in [0.05, 0.1) is 24.2 Å². The van der Waals surface area contributed by atoms with Crippen molar-refractivity contribution in [2.24, 2.45) is 0 Å². The van der Waals surface area contributed by atoms with Gasteiger partial charge >= 0.3 is 0 Å². The van der Waals surface area contributed by atoms with E-state index in [1.54, 1.807) is 42.5 Å². The van der Waals surface area contributed by atoms with E-state index in [-0.39, 0.29) is 17.5 Å². The summed E-state index contributed by atoms with van der Waals surface area (Å²) in [5.41, 5.74) is 1.00. The van der Waals surface area contributed by atoms with Crippen molar-refractivity contribution in [1.29, 1.82) is 0 Å². The maximum atomic E-state index is 13.9. The van der Waals surface area contributed by atoms with E-state index in [4.69, 9.17) is 9.47 Å². The van der Waals surface area contributed by atoms with Crippen molar-refractivity contribution >= 4 is 17.0 Å². The van der Waals surface area contributed by atoms with Crippen molar-refractivity contribution in [2.45, 2.75) is 6.43 Å². The van der Waals surface area contributed by atoms with E-state index in [1.807, 2.05) is 23.1 Å². The largest absolute Gasteiger partial charge is 0.439 e. The number of imidazole rings is 1. The molecule has 9 heteroatoms. The fourth-order valence-electron chi connectivity index (χ4n) is 3.51. The molecule has 3 heterocycles. The minimum absolute atomic E-state index is 0.260. The minimum Gasteiger partial charge on any atom is -0.439 e. The third-order valence-corrected chi connectivity index (χ3v) is 4.95. The molecule has 0 N–H and O–H groups in total. The molecular formula is C22H19F2N5O2. The van der Waals surface area contributed by atoms with Gasteiger partial charge in [-0.15, -0.1) is 0 Å². The molecule has 0 unspecified atom stereocenters. The molecule has 2 aromatic heterocycles. The van der Waals surface area contributed by atoms with Crippen LogP contribution in [0.4, 0.5) is 14.7 Å². The summed E-state index contributed by atoms with van der Waals surface area (Å²) in [4.78, 5) is 15.2. The second-order valence-electron chi connectivity index (χ2n) is 6.97. The molecule has 0 bridgehead atoms. The van der Waals surface area contributed by atoms with Crippen LogP contribution in [0.3, 0.4) is 0 Å². The smallest absolute Gasteiger partial charge is 0.296 e. The Morgan fingerprint density at radius 3 is 2.42 bits per heavy atom. The van der Waals surface area contributed by atoms with Crippen molar-refractivity contribution in [3.63, 3.8) is 0 Å². The third-order valence-electron chi connectivity index (χ3n) is 4.95. The van der Waals surface area contributed by atoms with E-state index in [0.717, 1.165) is 0 Å². The van der Waals surface area contributed by atoms with Crippen LogP contribution in [0.25, 0.3) is 16.9 Å². The summed E-state index contributed by atoms with van der Waals surface area (Å²) in [5, 5.41) is 0. The number of anilines is 1. The van der Waals surface area contributed by atoms with E-state index in [0.29, 0.717) is 49.0 Å². The van der Waals surface area contributed by atoms with Crippen molar-refractivity contribution in [3.8, 4) is 17.4 Å². The van der Waals surface area contributed by atoms with Gasteiger partial charge in [-0.2, -0.15) is 9.97 Å². The number of morpholine rings is 1. The lowest BCUT2D eigenvalue weighted by molar-refractivity contribution is 0.122. The third kappa shape index (κ3) is 3.91. The summed E-state index contributed by atoms with van der Waals surface area (Å²) in [6, 6.07) is 17.7. The minimum atomic E-state index is -2.77. The van der Waals surface area contributed by atoms with Gasteiger partial charge in [-0.3, -0.25) is 4.57 Å². The number of aromatic nitrogens is 4. The van der Waals surface area contributed by atoms with Crippen molar-refractivity contribution in [3.05, 3.63) is 66.5 Å². The van der Waals surface area contributed by atoms with Crippen molar-refractivity contribution in [1.82, 2.24) is 19.5 Å². The zero-order chi connectivity index (χ0) is 21.2. The summed E-state index contributed by atoms with van der Waals surface area (Å²) in [5.74, 6) is 1.13. The summed E-state index contributed by atoms with van der Waals surface area (Å²) in [7, 11) is 0. The fraction of sp³-hybridized carbons (Fsp3) is 0.227. The maximum absolute atomic E-state index is 13.9. The van der Waals surface area contributed by atoms with Gasteiger partial charge < -0.3 is 14.4 Å². The highest BCUT2D eigenvalue weighted by molar-refractivity contribution is 5.78. The molecular weight excluding hydrogens is 404 g/mol. The monoisotopic (exact) mass is 423 g/mol. The molecule has 0 amide bonds. The molecule has 1 fully saturated rings. The summed E-state index contributed by atoms with van der Waals surface area (Å²) >= 11 is 0. The first-order valence-electron chi connectivity index (χ1n) is 9.89. The summed E-state index contributed by atoms with van der Waals surface area (Å²) in [6.07, 6.45) is -2.77. The Labute approximate surface area is 176 Å². The first-order valence-corrected chi connectivity index (χ1v) is 9.89.